The van der Waals surface area contributed by atoms with Gasteiger partial charge in [0, 0.05) is 45.8 Å². The molecule has 3 aromatic rings. The second-order valence-electron chi connectivity index (χ2n) is 6.87. The van der Waals surface area contributed by atoms with Gasteiger partial charge in [0.2, 0.25) is 0 Å². The number of carbonyl (C=O) groups is 1. The number of rotatable bonds is 9. The van der Waals surface area contributed by atoms with Crippen molar-refractivity contribution in [2.75, 3.05) is 38.5 Å². The molecule has 1 aromatic carbocycles. The van der Waals surface area contributed by atoms with E-state index in [1.807, 2.05) is 32.2 Å². The molecule has 0 unspecified atom stereocenters. The van der Waals surface area contributed by atoms with Crippen LogP contribution in [-0.2, 0) is 13.5 Å². The van der Waals surface area contributed by atoms with Crippen molar-refractivity contribution in [3.63, 3.8) is 0 Å². The summed E-state index contributed by atoms with van der Waals surface area (Å²) in [5.74, 6) is 1.43. The highest BCUT2D eigenvalue weighted by Crippen LogP contribution is 2.17. The zero-order chi connectivity index (χ0) is 22.1. The van der Waals surface area contributed by atoms with Gasteiger partial charge in [-0.2, -0.15) is 5.10 Å². The lowest BCUT2D eigenvalue weighted by atomic mass is 10.1. The molecule has 0 fully saturated rings. The average Bonchev–Trinajstić information content (AvgIpc) is 3.18. The van der Waals surface area contributed by atoms with E-state index in [1.165, 1.54) is 6.33 Å². The summed E-state index contributed by atoms with van der Waals surface area (Å²) in [4.78, 5) is 25.0. The fraction of sp³-hybridized carbons (Fsp3) is 0.381. The Morgan fingerprint density at radius 3 is 2.81 bits per heavy atom. The second kappa shape index (κ2) is 12.8. The molecular weight excluding hydrogens is 521 g/mol. The number of nitrogens with zero attached hydrogens (tertiary/aromatic N) is 5. The Labute approximate surface area is 204 Å². The lowest BCUT2D eigenvalue weighted by Crippen LogP contribution is -2.39. The van der Waals surface area contributed by atoms with Crippen LogP contribution < -0.4 is 21.3 Å². The number of aliphatic imine (C=N–C) groups is 1. The first-order valence-corrected chi connectivity index (χ1v) is 10.3. The largest absolute Gasteiger partial charge is 0.368 e. The SMILES string of the molecule is CCNC(=NCCc1cccc(C(=O)NC)c1)NCCNc1ncnc2c1cnn2C.I. The highest BCUT2D eigenvalue weighted by Gasteiger charge is 2.07. The zero-order valence-electron chi connectivity index (χ0n) is 18.6. The summed E-state index contributed by atoms with van der Waals surface area (Å²) in [7, 11) is 3.49. The van der Waals surface area contributed by atoms with Gasteiger partial charge in [-0.05, 0) is 31.0 Å². The summed E-state index contributed by atoms with van der Waals surface area (Å²) < 4.78 is 1.72. The molecule has 32 heavy (non-hydrogen) atoms. The maximum Gasteiger partial charge on any atom is 0.251 e. The predicted octanol–water partition coefficient (Wildman–Crippen LogP) is 1.55. The number of benzene rings is 1. The van der Waals surface area contributed by atoms with E-state index in [1.54, 1.807) is 24.0 Å². The maximum atomic E-state index is 11.8. The predicted molar refractivity (Wildman–Crippen MR) is 138 cm³/mol. The Balaban J connectivity index is 0.00000363. The fourth-order valence-corrected chi connectivity index (χ4v) is 3.12. The van der Waals surface area contributed by atoms with Crippen LogP contribution in [0.2, 0.25) is 0 Å². The van der Waals surface area contributed by atoms with Gasteiger partial charge in [-0.25, -0.2) is 9.97 Å². The van der Waals surface area contributed by atoms with Gasteiger partial charge in [-0.3, -0.25) is 14.5 Å². The number of aromatic nitrogens is 4. The number of carbonyl (C=O) groups excluding carboxylic acids is 1. The van der Waals surface area contributed by atoms with Crippen molar-refractivity contribution < 1.29 is 4.79 Å². The molecule has 3 rings (SSSR count). The van der Waals surface area contributed by atoms with Gasteiger partial charge in [0.15, 0.2) is 11.6 Å². The Kier molecular flexibility index (Phi) is 10.1. The van der Waals surface area contributed by atoms with Crippen LogP contribution in [0.1, 0.15) is 22.8 Å². The minimum Gasteiger partial charge on any atom is -0.368 e. The Morgan fingerprint density at radius 2 is 2.03 bits per heavy atom. The number of aryl methyl sites for hydroxylation is 1. The third kappa shape index (κ3) is 6.77. The molecule has 2 heterocycles. The Morgan fingerprint density at radius 1 is 1.19 bits per heavy atom. The van der Waals surface area contributed by atoms with Crippen LogP contribution in [0.3, 0.4) is 0 Å². The number of fused-ring (bicyclic) bond motifs is 1. The summed E-state index contributed by atoms with van der Waals surface area (Å²) >= 11 is 0. The molecule has 4 N–H and O–H groups in total. The first kappa shape index (κ1) is 25.3. The van der Waals surface area contributed by atoms with Gasteiger partial charge in [0.1, 0.15) is 12.1 Å². The van der Waals surface area contributed by atoms with Crippen molar-refractivity contribution in [2.45, 2.75) is 13.3 Å². The van der Waals surface area contributed by atoms with Gasteiger partial charge in [0.25, 0.3) is 5.91 Å². The zero-order valence-corrected chi connectivity index (χ0v) is 20.9. The van der Waals surface area contributed by atoms with Gasteiger partial charge in [-0.1, -0.05) is 12.1 Å². The molecule has 0 aliphatic heterocycles. The van der Waals surface area contributed by atoms with Crippen LogP contribution in [0.15, 0.2) is 41.8 Å². The molecule has 10 nitrogen and oxygen atoms in total. The summed E-state index contributed by atoms with van der Waals surface area (Å²) in [5.41, 5.74) is 2.53. The molecule has 0 bridgehead atoms. The molecule has 0 aliphatic carbocycles. The number of hydrogen-bond acceptors (Lipinski definition) is 6. The van der Waals surface area contributed by atoms with Crippen molar-refractivity contribution in [3.05, 3.63) is 47.9 Å². The summed E-state index contributed by atoms with van der Waals surface area (Å²) in [5, 5.41) is 17.6. The fourth-order valence-electron chi connectivity index (χ4n) is 3.12. The van der Waals surface area contributed by atoms with Crippen LogP contribution in [-0.4, -0.2) is 64.8 Å². The average molecular weight is 551 g/mol. The molecule has 0 saturated heterocycles. The standard InChI is InChI=1S/C21H29N9O.HI/c1-4-23-21(25-9-8-15-6-5-7-16(12-15)20(31)22-2)26-11-10-24-18-17-13-29-30(3)19(17)28-14-27-18;/h5-7,12-14H,4,8-11H2,1-3H3,(H,22,31)(H2,23,25,26)(H,24,27,28);1H. The highest BCUT2D eigenvalue weighted by molar-refractivity contribution is 14.0. The summed E-state index contributed by atoms with van der Waals surface area (Å²) in [6, 6.07) is 7.61. The quantitative estimate of drug-likeness (QED) is 0.138. The molecule has 0 atom stereocenters. The molecule has 172 valence electrons. The van der Waals surface area contributed by atoms with Gasteiger partial charge >= 0.3 is 0 Å². The number of halogens is 1. The van der Waals surface area contributed by atoms with Crippen molar-refractivity contribution in [2.24, 2.45) is 12.0 Å². The lowest BCUT2D eigenvalue weighted by molar-refractivity contribution is 0.0963. The van der Waals surface area contributed by atoms with E-state index in [2.05, 4.69) is 41.3 Å². The molecule has 0 radical (unpaired) electrons. The molecule has 0 spiro atoms. The number of guanidine groups is 1. The van der Waals surface area contributed by atoms with Crippen molar-refractivity contribution in [1.29, 1.82) is 0 Å². The molecular formula is C21H30IN9O. The van der Waals surface area contributed by atoms with Crippen LogP contribution in [0, 0.1) is 0 Å². The molecule has 2 aromatic heterocycles. The van der Waals surface area contributed by atoms with E-state index < -0.39 is 0 Å². The summed E-state index contributed by atoms with van der Waals surface area (Å²) in [6.07, 6.45) is 4.04. The smallest absolute Gasteiger partial charge is 0.251 e. The third-order valence-electron chi connectivity index (χ3n) is 4.67. The topological polar surface area (TPSA) is 121 Å². The molecule has 0 aliphatic rings. The number of nitrogens with one attached hydrogen (secondary N) is 4. The minimum atomic E-state index is -0.0832. The lowest BCUT2D eigenvalue weighted by Gasteiger charge is -2.12. The molecule has 1 amide bonds. The van der Waals surface area contributed by atoms with Crippen molar-refractivity contribution in [3.8, 4) is 0 Å². The Bertz CT molecular complexity index is 1050. The van der Waals surface area contributed by atoms with E-state index in [0.29, 0.717) is 25.2 Å². The first-order chi connectivity index (χ1) is 15.1. The second-order valence-corrected chi connectivity index (χ2v) is 6.87. The first-order valence-electron chi connectivity index (χ1n) is 10.3. The van der Waals surface area contributed by atoms with E-state index >= 15 is 0 Å². The van der Waals surface area contributed by atoms with Crippen LogP contribution in [0.4, 0.5) is 5.82 Å². The monoisotopic (exact) mass is 551 g/mol. The minimum absolute atomic E-state index is 0. The van der Waals surface area contributed by atoms with Gasteiger partial charge in [-0.15, -0.1) is 24.0 Å². The van der Waals surface area contributed by atoms with Gasteiger partial charge in [0.05, 0.1) is 11.6 Å². The number of anilines is 1. The normalized spacial score (nSPS) is 11.0. The number of amides is 1. The maximum absolute atomic E-state index is 11.8. The van der Waals surface area contributed by atoms with E-state index in [0.717, 1.165) is 41.3 Å². The van der Waals surface area contributed by atoms with E-state index in [9.17, 15) is 4.79 Å². The number of hydrogen-bond donors (Lipinski definition) is 4. The van der Waals surface area contributed by atoms with Crippen molar-refractivity contribution in [1.82, 2.24) is 35.7 Å². The van der Waals surface area contributed by atoms with Crippen molar-refractivity contribution >= 4 is 52.7 Å². The molecule has 11 heteroatoms. The van der Waals surface area contributed by atoms with Crippen LogP contribution >= 0.6 is 24.0 Å². The third-order valence-corrected chi connectivity index (χ3v) is 4.67. The highest BCUT2D eigenvalue weighted by atomic mass is 127. The van der Waals surface area contributed by atoms with Crippen LogP contribution in [0.5, 0.6) is 0 Å². The van der Waals surface area contributed by atoms with Crippen LogP contribution in [0.25, 0.3) is 11.0 Å². The Hall–Kier alpha value is -2.96. The van der Waals surface area contributed by atoms with E-state index in [4.69, 9.17) is 0 Å². The van der Waals surface area contributed by atoms with E-state index in [-0.39, 0.29) is 29.9 Å². The summed E-state index contributed by atoms with van der Waals surface area (Å²) in [6.45, 7) is 4.75. The van der Waals surface area contributed by atoms with Gasteiger partial charge < -0.3 is 21.3 Å². The molecule has 0 saturated carbocycles.